The summed E-state index contributed by atoms with van der Waals surface area (Å²) in [6.45, 7) is 0. The van der Waals surface area contributed by atoms with Gasteiger partial charge in [-0.3, -0.25) is 4.79 Å². The van der Waals surface area contributed by atoms with Crippen LogP contribution in [0.1, 0.15) is 15.9 Å². The fraction of sp³-hybridized carbons (Fsp3) is 0.167. The first-order chi connectivity index (χ1) is 13.6. The van der Waals surface area contributed by atoms with Crippen LogP contribution >= 0.6 is 11.8 Å². The van der Waals surface area contributed by atoms with Crippen molar-refractivity contribution in [2.45, 2.75) is 0 Å². The summed E-state index contributed by atoms with van der Waals surface area (Å²) in [5, 5.41) is 10.9. The molecule has 1 N–H and O–H groups in total. The molecule has 144 valence electrons. The molecule has 1 saturated heterocycles. The summed E-state index contributed by atoms with van der Waals surface area (Å²) in [4.78, 5) is 26.8. The van der Waals surface area contributed by atoms with E-state index in [1.807, 2.05) is 0 Å². The molecule has 3 rings (SSSR count). The zero-order valence-electron chi connectivity index (χ0n) is 15.0. The minimum atomic E-state index is -0.482. The van der Waals surface area contributed by atoms with Crippen LogP contribution in [0.25, 0.3) is 0 Å². The Morgan fingerprint density at radius 1 is 1.25 bits per heavy atom. The first-order valence-electron chi connectivity index (χ1n) is 8.03. The van der Waals surface area contributed by atoms with Crippen molar-refractivity contribution in [3.8, 4) is 17.4 Å². The Morgan fingerprint density at radius 2 is 2.11 bits per heavy atom. The Morgan fingerprint density at radius 3 is 2.82 bits per heavy atom. The molecule has 1 aromatic heterocycles. The normalized spacial score (nSPS) is 14.9. The second kappa shape index (κ2) is 9.00. The van der Waals surface area contributed by atoms with E-state index in [9.17, 15) is 9.59 Å². The van der Waals surface area contributed by atoms with Crippen LogP contribution in [0.4, 0.5) is 0 Å². The molecule has 0 unspecified atom stereocenters. The van der Waals surface area contributed by atoms with E-state index >= 15 is 0 Å². The highest BCUT2D eigenvalue weighted by Crippen LogP contribution is 2.31. The molecule has 0 bridgehead atoms. The van der Waals surface area contributed by atoms with Crippen LogP contribution in [-0.2, 0) is 9.53 Å². The first-order valence-corrected chi connectivity index (χ1v) is 9.01. The summed E-state index contributed by atoms with van der Waals surface area (Å²) in [6.07, 6.45) is 2.98. The standard InChI is InChI=1S/C18H16N4O5S/c1-25-14-7-11(9-20-22-18-21-15(23)10-28-18)3-4-13(14)27-16-8-12(5-6-19-16)17(24)26-2/h3-9H,10H2,1-2H3,(H,21,22,23). The topological polar surface area (TPSA) is 111 Å². The van der Waals surface area contributed by atoms with Gasteiger partial charge in [-0.2, -0.15) is 5.10 Å². The predicted octanol–water partition coefficient (Wildman–Crippen LogP) is 2.22. The fourth-order valence-electron chi connectivity index (χ4n) is 2.20. The van der Waals surface area contributed by atoms with Crippen LogP contribution in [0.15, 0.2) is 46.7 Å². The predicted molar refractivity (Wildman–Crippen MR) is 104 cm³/mol. The van der Waals surface area contributed by atoms with Gasteiger partial charge in [-0.1, -0.05) is 11.8 Å². The number of nitrogens with zero attached hydrogens (tertiary/aromatic N) is 3. The summed E-state index contributed by atoms with van der Waals surface area (Å²) >= 11 is 1.29. The lowest BCUT2D eigenvalue weighted by molar-refractivity contribution is -0.116. The average Bonchev–Trinajstić information content (AvgIpc) is 3.13. The van der Waals surface area contributed by atoms with E-state index in [1.165, 1.54) is 50.5 Å². The number of pyridine rings is 1. The minimum absolute atomic E-state index is 0.0907. The van der Waals surface area contributed by atoms with Crippen LogP contribution in [0.2, 0.25) is 0 Å². The Balaban J connectivity index is 1.74. The van der Waals surface area contributed by atoms with E-state index in [-0.39, 0.29) is 11.8 Å². The Kier molecular flexibility index (Phi) is 6.22. The maximum atomic E-state index is 11.6. The molecule has 9 nitrogen and oxygen atoms in total. The number of amides is 1. The Labute approximate surface area is 164 Å². The third-order valence-electron chi connectivity index (χ3n) is 3.50. The van der Waals surface area contributed by atoms with Crippen molar-refractivity contribution >= 4 is 35.0 Å². The number of thioether (sulfide) groups is 1. The van der Waals surface area contributed by atoms with E-state index in [2.05, 4.69) is 25.2 Å². The molecule has 0 radical (unpaired) electrons. The van der Waals surface area contributed by atoms with Gasteiger partial charge in [0.2, 0.25) is 11.8 Å². The van der Waals surface area contributed by atoms with Gasteiger partial charge in [0.05, 0.1) is 31.8 Å². The van der Waals surface area contributed by atoms with Crippen molar-refractivity contribution in [3.05, 3.63) is 47.7 Å². The summed E-state index contributed by atoms with van der Waals surface area (Å²) in [7, 11) is 2.81. The summed E-state index contributed by atoms with van der Waals surface area (Å²) in [6, 6.07) is 8.16. The van der Waals surface area contributed by atoms with Crippen molar-refractivity contribution in [2.24, 2.45) is 10.2 Å². The first kappa shape index (κ1) is 19.4. The van der Waals surface area contributed by atoms with Crippen LogP contribution in [0.3, 0.4) is 0 Å². The van der Waals surface area contributed by atoms with Gasteiger partial charge in [0, 0.05) is 12.3 Å². The maximum Gasteiger partial charge on any atom is 0.338 e. The van der Waals surface area contributed by atoms with Gasteiger partial charge in [-0.25, -0.2) is 9.78 Å². The Bertz CT molecular complexity index is 961. The van der Waals surface area contributed by atoms with Gasteiger partial charge in [-0.15, -0.1) is 5.10 Å². The highest BCUT2D eigenvalue weighted by molar-refractivity contribution is 8.15. The molecule has 1 aromatic carbocycles. The summed E-state index contributed by atoms with van der Waals surface area (Å²) < 4.78 is 15.8. The number of hydrogen-bond donors (Lipinski definition) is 1. The molecule has 28 heavy (non-hydrogen) atoms. The van der Waals surface area contributed by atoms with Gasteiger partial charge in [0.15, 0.2) is 16.7 Å². The third kappa shape index (κ3) is 4.86. The summed E-state index contributed by atoms with van der Waals surface area (Å²) in [5.74, 6) is 0.864. The third-order valence-corrected chi connectivity index (χ3v) is 4.36. The molecule has 0 saturated carbocycles. The van der Waals surface area contributed by atoms with Crippen LogP contribution in [-0.4, -0.2) is 48.2 Å². The second-order valence-corrected chi connectivity index (χ2v) is 6.34. The van der Waals surface area contributed by atoms with Crippen LogP contribution in [0, 0.1) is 0 Å². The number of rotatable bonds is 6. The highest BCUT2D eigenvalue weighted by atomic mass is 32.2. The number of aromatic nitrogens is 1. The molecular weight excluding hydrogens is 384 g/mol. The maximum absolute atomic E-state index is 11.6. The van der Waals surface area contributed by atoms with Crippen molar-refractivity contribution in [1.82, 2.24) is 10.3 Å². The van der Waals surface area contributed by atoms with Crippen molar-refractivity contribution in [2.75, 3.05) is 20.0 Å². The molecule has 0 aliphatic carbocycles. The number of benzene rings is 1. The molecule has 2 heterocycles. The van der Waals surface area contributed by atoms with Crippen molar-refractivity contribution in [3.63, 3.8) is 0 Å². The lowest BCUT2D eigenvalue weighted by Crippen LogP contribution is -2.19. The number of carbonyl (C=O) groups excluding carboxylic acids is 2. The molecular formula is C18H16N4O5S. The largest absolute Gasteiger partial charge is 0.493 e. The highest BCUT2D eigenvalue weighted by Gasteiger charge is 2.16. The van der Waals surface area contributed by atoms with Crippen LogP contribution < -0.4 is 14.8 Å². The Hall–Kier alpha value is -3.40. The van der Waals surface area contributed by atoms with Gasteiger partial charge >= 0.3 is 5.97 Å². The number of amidine groups is 1. The zero-order valence-corrected chi connectivity index (χ0v) is 15.9. The van der Waals surface area contributed by atoms with E-state index < -0.39 is 5.97 Å². The quantitative estimate of drug-likeness (QED) is 0.449. The van der Waals surface area contributed by atoms with Crippen molar-refractivity contribution in [1.29, 1.82) is 0 Å². The van der Waals surface area contributed by atoms with Gasteiger partial charge < -0.3 is 19.5 Å². The number of esters is 1. The molecule has 2 aromatic rings. The molecule has 0 spiro atoms. The fourth-order valence-corrected chi connectivity index (χ4v) is 2.83. The number of nitrogens with one attached hydrogen (secondary N) is 1. The van der Waals surface area contributed by atoms with E-state index in [0.29, 0.717) is 28.0 Å². The molecule has 1 aliphatic heterocycles. The van der Waals surface area contributed by atoms with Gasteiger partial charge in [0.1, 0.15) is 0 Å². The number of hydrogen-bond acceptors (Lipinski definition) is 9. The molecule has 1 amide bonds. The lowest BCUT2D eigenvalue weighted by Gasteiger charge is -2.10. The number of ether oxygens (including phenoxy) is 3. The molecule has 0 atom stereocenters. The van der Waals surface area contributed by atoms with Crippen LogP contribution in [0.5, 0.6) is 17.4 Å². The van der Waals surface area contributed by atoms with Gasteiger partial charge in [0.25, 0.3) is 0 Å². The second-order valence-electron chi connectivity index (χ2n) is 5.37. The monoisotopic (exact) mass is 400 g/mol. The number of methoxy groups -OCH3 is 2. The zero-order chi connectivity index (χ0) is 19.9. The SMILES string of the molecule is COC(=O)c1ccnc(Oc2ccc(C=NN=C3NC(=O)CS3)cc2OC)c1. The van der Waals surface area contributed by atoms with Crippen molar-refractivity contribution < 1.29 is 23.8 Å². The number of carbonyl (C=O) groups is 2. The van der Waals surface area contributed by atoms with Gasteiger partial charge in [-0.05, 0) is 29.8 Å². The molecule has 10 heteroatoms. The van der Waals surface area contributed by atoms with E-state index in [4.69, 9.17) is 9.47 Å². The average molecular weight is 400 g/mol. The van der Waals surface area contributed by atoms with E-state index in [0.717, 1.165) is 5.56 Å². The smallest absolute Gasteiger partial charge is 0.338 e. The lowest BCUT2D eigenvalue weighted by atomic mass is 10.2. The van der Waals surface area contributed by atoms with E-state index in [1.54, 1.807) is 18.2 Å². The molecule has 1 aliphatic rings. The minimum Gasteiger partial charge on any atom is -0.493 e. The summed E-state index contributed by atoms with van der Waals surface area (Å²) in [5.41, 5.74) is 1.05. The molecule has 1 fully saturated rings.